The number of rotatable bonds is 2. The fraction of sp³-hybridized carbons (Fsp3) is 0.0667. The van der Waals surface area contributed by atoms with Crippen molar-refractivity contribution in [2.75, 3.05) is 5.32 Å². The lowest BCUT2D eigenvalue weighted by molar-refractivity contribution is -0.115. The molecule has 0 unspecified atom stereocenters. The highest BCUT2D eigenvalue weighted by atomic mass is 79.9. The number of fused-ring (bicyclic) bond motifs is 1. The van der Waals surface area contributed by atoms with Gasteiger partial charge in [-0.2, -0.15) is 0 Å². The molecule has 1 aliphatic rings. The Kier molecular flexibility index (Phi) is 3.90. The average molecular weight is 429 g/mol. The lowest BCUT2D eigenvalue weighted by Crippen LogP contribution is -2.03. The minimum Gasteiger partial charge on any atom is -0.325 e. The second-order valence-corrected chi connectivity index (χ2v) is 6.94. The molecule has 0 spiro atoms. The summed E-state index contributed by atoms with van der Waals surface area (Å²) in [6.45, 7) is 0. The van der Waals surface area contributed by atoms with Crippen LogP contribution < -0.4 is 5.32 Å². The van der Waals surface area contributed by atoms with Crippen LogP contribution in [0.4, 0.5) is 5.69 Å². The smallest absolute Gasteiger partial charge is 0.228 e. The number of benzene rings is 2. The third-order valence-corrected chi connectivity index (χ3v) is 4.42. The number of halogens is 3. The van der Waals surface area contributed by atoms with E-state index in [9.17, 15) is 9.59 Å². The third kappa shape index (κ3) is 2.91. The van der Waals surface area contributed by atoms with Crippen molar-refractivity contribution in [1.29, 1.82) is 0 Å². The maximum Gasteiger partial charge on any atom is 0.228 e. The molecule has 0 saturated carbocycles. The Balaban J connectivity index is 2.06. The standard InChI is InChI=1S/C15H8Br2ClNO2/c16-9-1-8(2-10(17)5-9)15(21)11-3-7-4-14(20)19-13(7)6-12(11)18/h1-3,5-6H,4H2,(H,19,20). The third-order valence-electron chi connectivity index (χ3n) is 3.19. The quantitative estimate of drug-likeness (QED) is 0.710. The molecule has 0 radical (unpaired) electrons. The lowest BCUT2D eigenvalue weighted by atomic mass is 10.00. The van der Waals surface area contributed by atoms with Crippen molar-refractivity contribution in [3.63, 3.8) is 0 Å². The monoisotopic (exact) mass is 427 g/mol. The summed E-state index contributed by atoms with van der Waals surface area (Å²) < 4.78 is 1.60. The number of hydrogen-bond acceptors (Lipinski definition) is 2. The van der Waals surface area contributed by atoms with E-state index < -0.39 is 0 Å². The summed E-state index contributed by atoms with van der Waals surface area (Å²) in [5.74, 6) is -0.264. The zero-order valence-electron chi connectivity index (χ0n) is 10.5. The Bertz CT molecular complexity index is 769. The van der Waals surface area contributed by atoms with Crippen molar-refractivity contribution in [2.45, 2.75) is 6.42 Å². The van der Waals surface area contributed by atoms with Gasteiger partial charge in [0.1, 0.15) is 0 Å². The van der Waals surface area contributed by atoms with E-state index in [-0.39, 0.29) is 18.1 Å². The van der Waals surface area contributed by atoms with Gasteiger partial charge in [0.15, 0.2) is 5.78 Å². The Labute approximate surface area is 142 Å². The van der Waals surface area contributed by atoms with Crippen molar-refractivity contribution in [1.82, 2.24) is 0 Å². The molecule has 1 aliphatic heterocycles. The fourth-order valence-electron chi connectivity index (χ4n) is 2.26. The normalized spacial score (nSPS) is 13.0. The van der Waals surface area contributed by atoms with E-state index >= 15 is 0 Å². The molecule has 3 nitrogen and oxygen atoms in total. The van der Waals surface area contributed by atoms with Crippen molar-refractivity contribution in [3.8, 4) is 0 Å². The molecule has 0 fully saturated rings. The van der Waals surface area contributed by atoms with Gasteiger partial charge >= 0.3 is 0 Å². The molecule has 0 atom stereocenters. The maximum absolute atomic E-state index is 12.6. The zero-order valence-corrected chi connectivity index (χ0v) is 14.5. The maximum atomic E-state index is 12.6. The highest BCUT2D eigenvalue weighted by Crippen LogP contribution is 2.32. The molecule has 0 bridgehead atoms. The van der Waals surface area contributed by atoms with Gasteiger partial charge in [-0.1, -0.05) is 43.5 Å². The molecule has 0 saturated heterocycles. The van der Waals surface area contributed by atoms with Crippen LogP contribution >= 0.6 is 43.5 Å². The Morgan fingerprint density at radius 2 is 1.76 bits per heavy atom. The molecule has 1 amide bonds. The fourth-order valence-corrected chi connectivity index (χ4v) is 3.81. The number of hydrogen-bond donors (Lipinski definition) is 1. The number of carbonyl (C=O) groups is 2. The van der Waals surface area contributed by atoms with E-state index in [1.807, 2.05) is 6.07 Å². The lowest BCUT2D eigenvalue weighted by Gasteiger charge is -2.08. The zero-order chi connectivity index (χ0) is 15.1. The van der Waals surface area contributed by atoms with E-state index in [0.717, 1.165) is 14.5 Å². The van der Waals surface area contributed by atoms with Crippen LogP contribution in [0.1, 0.15) is 21.5 Å². The molecule has 2 aromatic carbocycles. The molecule has 1 heterocycles. The van der Waals surface area contributed by atoms with Gasteiger partial charge in [0.2, 0.25) is 5.91 Å². The first-order valence-corrected chi connectivity index (χ1v) is 8.03. The molecule has 1 N–H and O–H groups in total. The summed E-state index contributed by atoms with van der Waals surface area (Å²) >= 11 is 12.9. The number of amides is 1. The first-order chi connectivity index (χ1) is 9.94. The van der Waals surface area contributed by atoms with Crippen LogP contribution in [-0.2, 0) is 11.2 Å². The second kappa shape index (κ2) is 5.55. The van der Waals surface area contributed by atoms with Gasteiger partial charge in [0.25, 0.3) is 0 Å². The van der Waals surface area contributed by atoms with Crippen LogP contribution in [0.2, 0.25) is 5.02 Å². The summed E-state index contributed by atoms with van der Waals surface area (Å²) in [4.78, 5) is 24.0. The topological polar surface area (TPSA) is 46.2 Å². The van der Waals surface area contributed by atoms with Crippen molar-refractivity contribution in [3.05, 3.63) is 61.0 Å². The van der Waals surface area contributed by atoms with E-state index in [2.05, 4.69) is 37.2 Å². The van der Waals surface area contributed by atoms with Crippen molar-refractivity contribution < 1.29 is 9.59 Å². The van der Waals surface area contributed by atoms with Gasteiger partial charge in [-0.25, -0.2) is 0 Å². The first kappa shape index (κ1) is 14.8. The van der Waals surface area contributed by atoms with Crippen molar-refractivity contribution in [2.24, 2.45) is 0 Å². The van der Waals surface area contributed by atoms with Crippen molar-refractivity contribution >= 4 is 60.8 Å². The molecular formula is C15H8Br2ClNO2. The predicted molar refractivity (Wildman–Crippen MR) is 89.1 cm³/mol. The molecule has 3 rings (SSSR count). The highest BCUT2D eigenvalue weighted by molar-refractivity contribution is 9.11. The Morgan fingerprint density at radius 1 is 1.10 bits per heavy atom. The van der Waals surface area contributed by atoms with Gasteiger partial charge in [-0.15, -0.1) is 0 Å². The summed E-state index contributed by atoms with van der Waals surface area (Å²) in [7, 11) is 0. The molecule has 6 heteroatoms. The van der Waals surface area contributed by atoms with E-state index in [4.69, 9.17) is 11.6 Å². The Hall–Kier alpha value is -1.17. The van der Waals surface area contributed by atoms with E-state index in [1.165, 1.54) is 0 Å². The molecular weight excluding hydrogens is 421 g/mol. The van der Waals surface area contributed by atoms with Crippen LogP contribution in [-0.4, -0.2) is 11.7 Å². The molecule has 0 aliphatic carbocycles. The van der Waals surface area contributed by atoms with Crippen LogP contribution in [0, 0.1) is 0 Å². The van der Waals surface area contributed by atoms with Crippen LogP contribution in [0.25, 0.3) is 0 Å². The first-order valence-electron chi connectivity index (χ1n) is 6.07. The number of anilines is 1. The average Bonchev–Trinajstić information content (AvgIpc) is 2.75. The SMILES string of the molecule is O=C1Cc2cc(C(=O)c3cc(Br)cc(Br)c3)c(Cl)cc2N1. The van der Waals surface area contributed by atoms with Gasteiger partial charge < -0.3 is 5.32 Å². The van der Waals surface area contributed by atoms with Gasteiger partial charge in [0.05, 0.1) is 11.4 Å². The Morgan fingerprint density at radius 3 is 2.43 bits per heavy atom. The molecule has 106 valence electrons. The highest BCUT2D eigenvalue weighted by Gasteiger charge is 2.22. The van der Waals surface area contributed by atoms with Gasteiger partial charge in [-0.05, 0) is 35.9 Å². The molecule has 2 aromatic rings. The minimum atomic E-state index is -0.177. The van der Waals surface area contributed by atoms with Crippen LogP contribution in [0.5, 0.6) is 0 Å². The minimum absolute atomic E-state index is 0.0872. The summed E-state index contributed by atoms with van der Waals surface area (Å²) in [6.07, 6.45) is 0.273. The van der Waals surface area contributed by atoms with Gasteiger partial charge in [0, 0.05) is 25.8 Å². The number of carbonyl (C=O) groups excluding carboxylic acids is 2. The molecule has 21 heavy (non-hydrogen) atoms. The number of ketones is 1. The summed E-state index contributed by atoms with van der Waals surface area (Å²) in [5.41, 5.74) is 2.39. The summed E-state index contributed by atoms with van der Waals surface area (Å²) in [6, 6.07) is 8.64. The number of nitrogens with one attached hydrogen (secondary N) is 1. The van der Waals surface area contributed by atoms with Crippen LogP contribution in [0.3, 0.4) is 0 Å². The second-order valence-electron chi connectivity index (χ2n) is 4.70. The van der Waals surface area contributed by atoms with E-state index in [0.29, 0.717) is 21.8 Å². The molecule has 0 aromatic heterocycles. The largest absolute Gasteiger partial charge is 0.325 e. The predicted octanol–water partition coefficient (Wildman–Crippen LogP) is 4.59. The van der Waals surface area contributed by atoms with Crippen LogP contribution in [0.15, 0.2) is 39.3 Å². The van der Waals surface area contributed by atoms with Gasteiger partial charge in [-0.3, -0.25) is 9.59 Å². The summed E-state index contributed by atoms with van der Waals surface area (Å²) in [5, 5.41) is 3.04. The van der Waals surface area contributed by atoms with E-state index in [1.54, 1.807) is 24.3 Å².